The first kappa shape index (κ1) is 11.7. The lowest BCUT2D eigenvalue weighted by Crippen LogP contribution is -2.28. The Balaban J connectivity index is 2.81. The van der Waals surface area contributed by atoms with Gasteiger partial charge in [-0.15, -0.1) is 0 Å². The summed E-state index contributed by atoms with van der Waals surface area (Å²) < 4.78 is 1.67. The van der Waals surface area contributed by atoms with Gasteiger partial charge in [-0.3, -0.25) is 9.48 Å². The molecule has 5 nitrogen and oxygen atoms in total. The summed E-state index contributed by atoms with van der Waals surface area (Å²) >= 11 is 0. The van der Waals surface area contributed by atoms with E-state index in [0.29, 0.717) is 12.2 Å². The molecular weight excluding hydrogens is 194 g/mol. The number of nitrogens with one attached hydrogen (secondary N) is 1. The molecule has 0 saturated heterocycles. The largest absolute Gasteiger partial charge is 0.395 e. The van der Waals surface area contributed by atoms with E-state index >= 15 is 0 Å². The fourth-order valence-electron chi connectivity index (χ4n) is 1.33. The molecule has 0 saturated carbocycles. The van der Waals surface area contributed by atoms with E-state index in [-0.39, 0.29) is 19.1 Å². The minimum absolute atomic E-state index is 0.0490. The quantitative estimate of drug-likeness (QED) is 0.730. The van der Waals surface area contributed by atoms with Gasteiger partial charge in [0.05, 0.1) is 12.3 Å². The lowest BCUT2D eigenvalue weighted by Gasteiger charge is -2.04. The first-order valence-electron chi connectivity index (χ1n) is 5.18. The smallest absolute Gasteiger partial charge is 0.269 e. The van der Waals surface area contributed by atoms with Crippen molar-refractivity contribution in [2.24, 2.45) is 0 Å². The van der Waals surface area contributed by atoms with Crippen molar-refractivity contribution < 1.29 is 9.90 Å². The lowest BCUT2D eigenvalue weighted by atomic mass is 10.3. The molecule has 1 aromatic rings. The highest BCUT2D eigenvalue weighted by atomic mass is 16.3. The molecule has 2 N–H and O–H groups in total. The zero-order chi connectivity index (χ0) is 11.3. The minimum atomic E-state index is -0.182. The van der Waals surface area contributed by atoms with E-state index in [1.165, 1.54) is 0 Å². The van der Waals surface area contributed by atoms with Crippen LogP contribution in [-0.4, -0.2) is 33.9 Å². The summed E-state index contributed by atoms with van der Waals surface area (Å²) in [6, 6.07) is 1.79. The van der Waals surface area contributed by atoms with Crippen LogP contribution in [-0.2, 0) is 13.0 Å². The molecule has 0 bridgehead atoms. The third-order valence-corrected chi connectivity index (χ3v) is 2.12. The Morgan fingerprint density at radius 3 is 2.87 bits per heavy atom. The highest BCUT2D eigenvalue weighted by Crippen LogP contribution is 2.05. The summed E-state index contributed by atoms with van der Waals surface area (Å²) in [4.78, 5) is 11.6. The number of nitrogens with zero attached hydrogens (tertiary/aromatic N) is 2. The molecule has 0 radical (unpaired) electrons. The van der Waals surface area contributed by atoms with Crippen LogP contribution in [0.1, 0.15) is 30.0 Å². The molecule has 0 aliphatic carbocycles. The third kappa shape index (κ3) is 2.79. The van der Waals surface area contributed by atoms with Gasteiger partial charge >= 0.3 is 0 Å². The monoisotopic (exact) mass is 211 g/mol. The van der Waals surface area contributed by atoms with Crippen LogP contribution in [0.2, 0.25) is 0 Å². The molecule has 1 heterocycles. The Bertz CT molecular complexity index is 333. The summed E-state index contributed by atoms with van der Waals surface area (Å²) in [5.41, 5.74) is 1.47. The molecule has 1 amide bonds. The molecule has 0 aliphatic heterocycles. The summed E-state index contributed by atoms with van der Waals surface area (Å²) in [5.74, 6) is -0.182. The Kier molecular flexibility index (Phi) is 4.30. The van der Waals surface area contributed by atoms with Crippen LogP contribution >= 0.6 is 0 Å². The lowest BCUT2D eigenvalue weighted by molar-refractivity contribution is 0.0934. The second kappa shape index (κ2) is 5.50. The predicted molar refractivity (Wildman–Crippen MR) is 56.7 cm³/mol. The normalized spacial score (nSPS) is 10.3. The number of rotatable bonds is 5. The topological polar surface area (TPSA) is 67.2 Å². The molecule has 0 fully saturated rings. The zero-order valence-corrected chi connectivity index (χ0v) is 9.16. The molecule has 0 aliphatic rings. The molecule has 84 valence electrons. The van der Waals surface area contributed by atoms with Crippen molar-refractivity contribution in [1.82, 2.24) is 15.1 Å². The molecular formula is C10H17N3O2. The van der Waals surface area contributed by atoms with Gasteiger partial charge in [-0.25, -0.2) is 0 Å². The number of hydrogen-bond acceptors (Lipinski definition) is 3. The standard InChI is InChI=1S/C10H17N3O2/c1-3-8-7-9(13(4-2)12-8)10(15)11-5-6-14/h7,14H,3-6H2,1-2H3,(H,11,15). The van der Waals surface area contributed by atoms with Crippen molar-refractivity contribution in [2.75, 3.05) is 13.2 Å². The second-order valence-electron chi connectivity index (χ2n) is 3.17. The van der Waals surface area contributed by atoms with Gasteiger partial charge < -0.3 is 10.4 Å². The van der Waals surface area contributed by atoms with Crippen LogP contribution in [0.5, 0.6) is 0 Å². The highest BCUT2D eigenvalue weighted by Gasteiger charge is 2.12. The average Bonchev–Trinajstić information content (AvgIpc) is 2.69. The van der Waals surface area contributed by atoms with Crippen LogP contribution in [0.15, 0.2) is 6.07 Å². The van der Waals surface area contributed by atoms with E-state index in [4.69, 9.17) is 5.11 Å². The molecule has 0 spiro atoms. The Hall–Kier alpha value is -1.36. The van der Waals surface area contributed by atoms with Gasteiger partial charge in [-0.2, -0.15) is 5.10 Å². The zero-order valence-electron chi connectivity index (χ0n) is 9.16. The maximum absolute atomic E-state index is 11.6. The summed E-state index contributed by atoms with van der Waals surface area (Å²) in [6.07, 6.45) is 0.813. The number of aromatic nitrogens is 2. The fraction of sp³-hybridized carbons (Fsp3) is 0.600. The van der Waals surface area contributed by atoms with E-state index in [2.05, 4.69) is 10.4 Å². The maximum Gasteiger partial charge on any atom is 0.269 e. The van der Waals surface area contributed by atoms with Crippen molar-refractivity contribution in [2.45, 2.75) is 26.8 Å². The van der Waals surface area contributed by atoms with E-state index in [1.807, 2.05) is 13.8 Å². The third-order valence-electron chi connectivity index (χ3n) is 2.12. The van der Waals surface area contributed by atoms with E-state index in [9.17, 15) is 4.79 Å². The summed E-state index contributed by atoms with van der Waals surface area (Å²) in [7, 11) is 0. The number of aliphatic hydroxyl groups excluding tert-OH is 1. The fourth-order valence-corrected chi connectivity index (χ4v) is 1.33. The van der Waals surface area contributed by atoms with Gasteiger partial charge in [-0.05, 0) is 19.4 Å². The van der Waals surface area contributed by atoms with E-state index in [0.717, 1.165) is 12.1 Å². The molecule has 0 atom stereocenters. The maximum atomic E-state index is 11.6. The van der Waals surface area contributed by atoms with Crippen LogP contribution in [0.4, 0.5) is 0 Å². The van der Waals surface area contributed by atoms with Crippen molar-refractivity contribution in [3.8, 4) is 0 Å². The van der Waals surface area contributed by atoms with Crippen LogP contribution in [0.3, 0.4) is 0 Å². The molecule has 0 aromatic carbocycles. The van der Waals surface area contributed by atoms with Crippen LogP contribution < -0.4 is 5.32 Å². The Morgan fingerprint density at radius 2 is 2.33 bits per heavy atom. The Morgan fingerprint density at radius 1 is 1.60 bits per heavy atom. The van der Waals surface area contributed by atoms with Crippen LogP contribution in [0, 0.1) is 0 Å². The Labute approximate surface area is 89.1 Å². The number of aliphatic hydroxyl groups is 1. The van der Waals surface area contributed by atoms with Crippen molar-refractivity contribution in [1.29, 1.82) is 0 Å². The summed E-state index contributed by atoms with van der Waals surface area (Å²) in [6.45, 7) is 4.83. The van der Waals surface area contributed by atoms with Gasteiger partial charge in [-0.1, -0.05) is 6.92 Å². The summed E-state index contributed by atoms with van der Waals surface area (Å²) in [5, 5.41) is 15.5. The first-order valence-corrected chi connectivity index (χ1v) is 5.18. The average molecular weight is 211 g/mol. The van der Waals surface area contributed by atoms with E-state index in [1.54, 1.807) is 10.7 Å². The van der Waals surface area contributed by atoms with Gasteiger partial charge in [0.2, 0.25) is 0 Å². The molecule has 1 aromatic heterocycles. The van der Waals surface area contributed by atoms with Gasteiger partial charge in [0.15, 0.2) is 0 Å². The van der Waals surface area contributed by atoms with Crippen molar-refractivity contribution >= 4 is 5.91 Å². The first-order chi connectivity index (χ1) is 7.22. The SMILES string of the molecule is CCc1cc(C(=O)NCCO)n(CC)n1. The molecule has 0 unspecified atom stereocenters. The van der Waals surface area contributed by atoms with Gasteiger partial charge in [0.1, 0.15) is 5.69 Å². The number of aryl methyl sites for hydroxylation is 2. The molecule has 1 rings (SSSR count). The van der Waals surface area contributed by atoms with Gasteiger partial charge in [0.25, 0.3) is 5.91 Å². The van der Waals surface area contributed by atoms with Crippen molar-refractivity contribution in [3.63, 3.8) is 0 Å². The second-order valence-corrected chi connectivity index (χ2v) is 3.17. The van der Waals surface area contributed by atoms with Gasteiger partial charge in [0, 0.05) is 13.1 Å². The highest BCUT2D eigenvalue weighted by molar-refractivity contribution is 5.92. The predicted octanol–water partition coefficient (Wildman–Crippen LogP) is 0.187. The molecule has 15 heavy (non-hydrogen) atoms. The number of hydrogen-bond donors (Lipinski definition) is 2. The number of carbonyl (C=O) groups excluding carboxylic acids is 1. The number of amides is 1. The number of carbonyl (C=O) groups is 1. The van der Waals surface area contributed by atoms with Crippen LogP contribution in [0.25, 0.3) is 0 Å². The minimum Gasteiger partial charge on any atom is -0.395 e. The van der Waals surface area contributed by atoms with E-state index < -0.39 is 0 Å². The molecule has 5 heteroatoms. The van der Waals surface area contributed by atoms with Crippen molar-refractivity contribution in [3.05, 3.63) is 17.5 Å².